The van der Waals surface area contributed by atoms with Gasteiger partial charge in [0.25, 0.3) is 11.8 Å². The summed E-state index contributed by atoms with van der Waals surface area (Å²) in [6, 6.07) is 24.1. The molecule has 0 unspecified atom stereocenters. The Hall–Kier alpha value is -3.93. The van der Waals surface area contributed by atoms with Crippen molar-refractivity contribution in [3.8, 4) is 0 Å². The van der Waals surface area contributed by atoms with Gasteiger partial charge in [0, 0.05) is 25.1 Å². The third kappa shape index (κ3) is 6.54. The van der Waals surface area contributed by atoms with Crippen LogP contribution in [0.15, 0.2) is 78.9 Å². The van der Waals surface area contributed by atoms with Gasteiger partial charge in [0.2, 0.25) is 5.91 Å². The SMILES string of the molecule is Cc1ccccc1C(=O)NCCC(=O)Nc1ccccc1C(=O)NCCc1ccccc1. The van der Waals surface area contributed by atoms with Crippen LogP contribution in [0.2, 0.25) is 0 Å². The average Bonchev–Trinajstić information content (AvgIpc) is 2.80. The molecule has 0 fully saturated rings. The van der Waals surface area contributed by atoms with Crippen molar-refractivity contribution in [3.05, 3.63) is 101 Å². The molecule has 0 saturated heterocycles. The predicted octanol–water partition coefficient (Wildman–Crippen LogP) is 3.73. The van der Waals surface area contributed by atoms with Crippen LogP contribution >= 0.6 is 0 Å². The van der Waals surface area contributed by atoms with Crippen LogP contribution in [-0.4, -0.2) is 30.8 Å². The molecule has 164 valence electrons. The van der Waals surface area contributed by atoms with Crippen molar-refractivity contribution in [3.63, 3.8) is 0 Å². The number of aryl methyl sites for hydroxylation is 1. The van der Waals surface area contributed by atoms with Crippen LogP contribution in [0, 0.1) is 6.92 Å². The van der Waals surface area contributed by atoms with Crippen LogP contribution in [0.4, 0.5) is 5.69 Å². The summed E-state index contributed by atoms with van der Waals surface area (Å²) in [6.45, 7) is 2.56. The number of hydrogen-bond donors (Lipinski definition) is 3. The maximum absolute atomic E-state index is 12.6. The number of hydrogen-bond acceptors (Lipinski definition) is 3. The molecule has 0 aliphatic rings. The van der Waals surface area contributed by atoms with E-state index in [1.807, 2.05) is 49.4 Å². The van der Waals surface area contributed by atoms with Crippen molar-refractivity contribution in [1.82, 2.24) is 10.6 Å². The monoisotopic (exact) mass is 429 g/mol. The molecule has 0 heterocycles. The van der Waals surface area contributed by atoms with Crippen LogP contribution in [0.1, 0.15) is 38.3 Å². The van der Waals surface area contributed by atoms with E-state index in [2.05, 4.69) is 16.0 Å². The predicted molar refractivity (Wildman–Crippen MR) is 126 cm³/mol. The Morgan fingerprint density at radius 1 is 0.688 bits per heavy atom. The normalized spacial score (nSPS) is 10.3. The van der Waals surface area contributed by atoms with E-state index in [-0.39, 0.29) is 30.7 Å². The van der Waals surface area contributed by atoms with Gasteiger partial charge in [-0.15, -0.1) is 0 Å². The lowest BCUT2D eigenvalue weighted by atomic mass is 10.1. The maximum Gasteiger partial charge on any atom is 0.253 e. The molecule has 32 heavy (non-hydrogen) atoms. The number of rotatable bonds is 9. The van der Waals surface area contributed by atoms with E-state index in [0.29, 0.717) is 23.4 Å². The number of benzene rings is 3. The number of para-hydroxylation sites is 1. The molecule has 3 N–H and O–H groups in total. The fourth-order valence-electron chi connectivity index (χ4n) is 3.28. The van der Waals surface area contributed by atoms with Gasteiger partial charge in [-0.3, -0.25) is 14.4 Å². The molecule has 3 aromatic carbocycles. The largest absolute Gasteiger partial charge is 0.352 e. The second-order valence-electron chi connectivity index (χ2n) is 7.41. The highest BCUT2D eigenvalue weighted by Gasteiger charge is 2.13. The third-order valence-corrected chi connectivity index (χ3v) is 5.02. The minimum absolute atomic E-state index is 0.0988. The summed E-state index contributed by atoms with van der Waals surface area (Å²) in [5.74, 6) is -0.738. The first-order valence-electron chi connectivity index (χ1n) is 10.6. The van der Waals surface area contributed by atoms with Crippen molar-refractivity contribution in [2.75, 3.05) is 18.4 Å². The van der Waals surface area contributed by atoms with E-state index in [4.69, 9.17) is 0 Å². The van der Waals surface area contributed by atoms with Crippen LogP contribution < -0.4 is 16.0 Å². The quantitative estimate of drug-likeness (QED) is 0.484. The summed E-state index contributed by atoms with van der Waals surface area (Å²) < 4.78 is 0. The van der Waals surface area contributed by atoms with Crippen LogP contribution in [0.5, 0.6) is 0 Å². The minimum Gasteiger partial charge on any atom is -0.352 e. The smallest absolute Gasteiger partial charge is 0.253 e. The molecule has 6 nitrogen and oxygen atoms in total. The van der Waals surface area contributed by atoms with Crippen molar-refractivity contribution >= 4 is 23.4 Å². The van der Waals surface area contributed by atoms with Gasteiger partial charge < -0.3 is 16.0 Å². The van der Waals surface area contributed by atoms with Crippen molar-refractivity contribution in [2.45, 2.75) is 19.8 Å². The number of carbonyl (C=O) groups is 3. The second-order valence-corrected chi connectivity index (χ2v) is 7.41. The first-order chi connectivity index (χ1) is 15.5. The van der Waals surface area contributed by atoms with Crippen molar-refractivity contribution < 1.29 is 14.4 Å². The maximum atomic E-state index is 12.6. The fraction of sp³-hybridized carbons (Fsp3) is 0.192. The molecule has 0 radical (unpaired) electrons. The summed E-state index contributed by atoms with van der Waals surface area (Å²) in [5.41, 5.74) is 3.45. The number of amides is 3. The van der Waals surface area contributed by atoms with Gasteiger partial charge in [0.1, 0.15) is 0 Å². The summed E-state index contributed by atoms with van der Waals surface area (Å²) in [7, 11) is 0. The summed E-state index contributed by atoms with van der Waals surface area (Å²) >= 11 is 0. The van der Waals surface area contributed by atoms with Gasteiger partial charge in [-0.2, -0.15) is 0 Å². The van der Waals surface area contributed by atoms with E-state index >= 15 is 0 Å². The number of carbonyl (C=O) groups excluding carboxylic acids is 3. The fourth-order valence-corrected chi connectivity index (χ4v) is 3.28. The topological polar surface area (TPSA) is 87.3 Å². The molecule has 3 amide bonds. The molecule has 3 rings (SSSR count). The molecule has 6 heteroatoms. The molecule has 0 saturated carbocycles. The Morgan fingerprint density at radius 3 is 2.03 bits per heavy atom. The lowest BCUT2D eigenvalue weighted by Crippen LogP contribution is -2.29. The molecular formula is C26H27N3O3. The lowest BCUT2D eigenvalue weighted by Gasteiger charge is -2.12. The Balaban J connectivity index is 1.49. The third-order valence-electron chi connectivity index (χ3n) is 5.02. The second kappa shape index (κ2) is 11.5. The van der Waals surface area contributed by atoms with Gasteiger partial charge in [-0.25, -0.2) is 0 Å². The van der Waals surface area contributed by atoms with E-state index in [1.165, 1.54) is 0 Å². The van der Waals surface area contributed by atoms with E-state index in [9.17, 15) is 14.4 Å². The van der Waals surface area contributed by atoms with Gasteiger partial charge in [-0.1, -0.05) is 60.7 Å². The highest BCUT2D eigenvalue weighted by Crippen LogP contribution is 2.15. The van der Waals surface area contributed by atoms with Crippen molar-refractivity contribution in [1.29, 1.82) is 0 Å². The summed E-state index contributed by atoms with van der Waals surface area (Å²) in [5, 5.41) is 8.43. The highest BCUT2D eigenvalue weighted by atomic mass is 16.2. The summed E-state index contributed by atoms with van der Waals surface area (Å²) in [4.78, 5) is 37.2. The van der Waals surface area contributed by atoms with E-state index < -0.39 is 0 Å². The first kappa shape index (κ1) is 22.7. The van der Waals surface area contributed by atoms with Crippen LogP contribution in [-0.2, 0) is 11.2 Å². The molecule has 3 aromatic rings. The molecule has 0 bridgehead atoms. The molecule has 0 aliphatic carbocycles. The van der Waals surface area contributed by atoms with Gasteiger partial charge >= 0.3 is 0 Å². The molecule has 0 atom stereocenters. The Morgan fingerprint density at radius 2 is 1.28 bits per heavy atom. The van der Waals surface area contributed by atoms with Crippen LogP contribution in [0.3, 0.4) is 0 Å². The molecular weight excluding hydrogens is 402 g/mol. The Labute approximate surface area is 188 Å². The van der Waals surface area contributed by atoms with Gasteiger partial charge in [-0.05, 0) is 42.7 Å². The van der Waals surface area contributed by atoms with Gasteiger partial charge in [0.05, 0.1) is 11.3 Å². The van der Waals surface area contributed by atoms with E-state index in [1.54, 1.807) is 36.4 Å². The van der Waals surface area contributed by atoms with Gasteiger partial charge in [0.15, 0.2) is 0 Å². The molecule has 0 spiro atoms. The Kier molecular flexibility index (Phi) is 8.15. The zero-order valence-corrected chi connectivity index (χ0v) is 18.1. The Bertz CT molecular complexity index is 1080. The standard InChI is InChI=1S/C26H27N3O3/c1-19-9-5-6-12-21(19)25(31)28-18-16-24(30)29-23-14-8-7-13-22(23)26(32)27-17-15-20-10-3-2-4-11-20/h2-14H,15-18H2,1H3,(H,27,32)(H,28,31)(H,29,30). The molecule has 0 aromatic heterocycles. The van der Waals surface area contributed by atoms with E-state index in [0.717, 1.165) is 17.5 Å². The van der Waals surface area contributed by atoms with Crippen LogP contribution in [0.25, 0.3) is 0 Å². The number of anilines is 1. The molecule has 0 aliphatic heterocycles. The average molecular weight is 430 g/mol. The first-order valence-corrected chi connectivity index (χ1v) is 10.6. The lowest BCUT2D eigenvalue weighted by molar-refractivity contribution is -0.116. The zero-order valence-electron chi connectivity index (χ0n) is 18.1. The minimum atomic E-state index is -0.278. The number of nitrogens with one attached hydrogen (secondary N) is 3. The summed E-state index contributed by atoms with van der Waals surface area (Å²) in [6.07, 6.45) is 0.823. The highest BCUT2D eigenvalue weighted by molar-refractivity contribution is 6.04. The van der Waals surface area contributed by atoms with Crippen molar-refractivity contribution in [2.24, 2.45) is 0 Å². The zero-order chi connectivity index (χ0) is 22.8.